The molecule has 0 aliphatic heterocycles. The zero-order valence-electron chi connectivity index (χ0n) is 9.77. The molecule has 0 unspecified atom stereocenters. The summed E-state index contributed by atoms with van der Waals surface area (Å²) in [4.78, 5) is 10.5. The first-order valence-electron chi connectivity index (χ1n) is 5.49. The fourth-order valence-corrected chi connectivity index (χ4v) is 2.72. The third-order valence-corrected chi connectivity index (χ3v) is 3.72. The van der Waals surface area contributed by atoms with Crippen LogP contribution in [0.4, 0.5) is 11.4 Å². The number of nitrogens with zero attached hydrogens (tertiary/aromatic N) is 1. The fraction of sp³-hybridized carbons (Fsp3) is 0.0769. The first-order chi connectivity index (χ1) is 9.08. The van der Waals surface area contributed by atoms with Gasteiger partial charge in [-0.25, -0.2) is 0 Å². The summed E-state index contributed by atoms with van der Waals surface area (Å²) < 4.78 is 0.976. The third kappa shape index (κ3) is 3.57. The molecule has 0 bridgehead atoms. The molecule has 0 aromatic heterocycles. The van der Waals surface area contributed by atoms with Crippen molar-refractivity contribution >= 4 is 45.6 Å². The van der Waals surface area contributed by atoms with E-state index in [1.807, 2.05) is 12.1 Å². The highest BCUT2D eigenvalue weighted by atomic mass is 127. The van der Waals surface area contributed by atoms with E-state index in [1.165, 1.54) is 6.07 Å². The van der Waals surface area contributed by atoms with Gasteiger partial charge in [-0.1, -0.05) is 29.8 Å². The number of hydrogen-bond acceptors (Lipinski definition) is 3. The quantitative estimate of drug-likeness (QED) is 0.478. The minimum atomic E-state index is -0.371. The Kier molecular flexibility index (Phi) is 4.60. The van der Waals surface area contributed by atoms with E-state index in [0.29, 0.717) is 17.1 Å². The highest BCUT2D eigenvalue weighted by Crippen LogP contribution is 2.24. The summed E-state index contributed by atoms with van der Waals surface area (Å²) in [5.41, 5.74) is 1.68. The Balaban J connectivity index is 2.17. The molecule has 0 aliphatic carbocycles. The maximum absolute atomic E-state index is 10.9. The molecule has 0 saturated heterocycles. The summed E-state index contributed by atoms with van der Waals surface area (Å²) >= 11 is 8.05. The Hall–Kier alpha value is -1.34. The Labute approximate surface area is 129 Å². The lowest BCUT2D eigenvalue weighted by atomic mass is 10.2. The number of rotatable bonds is 4. The van der Waals surface area contributed by atoms with Crippen LogP contribution in [0.1, 0.15) is 5.56 Å². The molecular formula is C13H10ClIN2O2. The van der Waals surface area contributed by atoms with Crippen LogP contribution in [0.25, 0.3) is 0 Å². The second-order valence-corrected chi connectivity index (χ2v) is 5.46. The van der Waals surface area contributed by atoms with E-state index in [9.17, 15) is 10.1 Å². The molecule has 0 heterocycles. The molecule has 2 aromatic carbocycles. The van der Waals surface area contributed by atoms with Gasteiger partial charge < -0.3 is 5.32 Å². The van der Waals surface area contributed by atoms with Crippen LogP contribution in [0.15, 0.2) is 42.5 Å². The normalized spacial score (nSPS) is 10.2. The molecule has 0 fully saturated rings. The highest BCUT2D eigenvalue weighted by Gasteiger charge is 2.12. The average Bonchev–Trinajstić information content (AvgIpc) is 2.38. The molecule has 0 radical (unpaired) electrons. The van der Waals surface area contributed by atoms with Crippen molar-refractivity contribution in [2.45, 2.75) is 6.54 Å². The van der Waals surface area contributed by atoms with E-state index < -0.39 is 0 Å². The number of hydrogen-bond donors (Lipinski definition) is 1. The second-order valence-electron chi connectivity index (χ2n) is 3.86. The van der Waals surface area contributed by atoms with Crippen LogP contribution in [0.3, 0.4) is 0 Å². The van der Waals surface area contributed by atoms with Gasteiger partial charge in [0.25, 0.3) is 5.69 Å². The maximum Gasteiger partial charge on any atom is 0.274 e. The molecule has 0 atom stereocenters. The predicted molar refractivity (Wildman–Crippen MR) is 84.6 cm³/mol. The monoisotopic (exact) mass is 388 g/mol. The van der Waals surface area contributed by atoms with Crippen molar-refractivity contribution in [1.82, 2.24) is 0 Å². The molecular weight excluding hydrogens is 379 g/mol. The number of benzene rings is 2. The Morgan fingerprint density at radius 2 is 2.00 bits per heavy atom. The second kappa shape index (κ2) is 6.21. The van der Waals surface area contributed by atoms with Gasteiger partial charge in [-0.05, 0) is 40.8 Å². The van der Waals surface area contributed by atoms with Crippen LogP contribution in [0.5, 0.6) is 0 Å². The van der Waals surface area contributed by atoms with Crippen molar-refractivity contribution in [3.63, 3.8) is 0 Å². The number of nitrogens with one attached hydrogen (secondary N) is 1. The molecule has 6 heteroatoms. The van der Waals surface area contributed by atoms with E-state index in [2.05, 4.69) is 27.9 Å². The number of para-hydroxylation sites is 1. The minimum Gasteiger partial charge on any atom is -0.380 e. The van der Waals surface area contributed by atoms with Crippen molar-refractivity contribution in [2.75, 3.05) is 5.32 Å². The molecule has 19 heavy (non-hydrogen) atoms. The van der Waals surface area contributed by atoms with E-state index >= 15 is 0 Å². The van der Waals surface area contributed by atoms with Crippen molar-refractivity contribution in [2.24, 2.45) is 0 Å². The van der Waals surface area contributed by atoms with Gasteiger partial charge in [-0.2, -0.15) is 0 Å². The number of nitro benzene ring substituents is 1. The summed E-state index contributed by atoms with van der Waals surface area (Å²) in [6.07, 6.45) is 0. The van der Waals surface area contributed by atoms with E-state index in [-0.39, 0.29) is 10.6 Å². The smallest absolute Gasteiger partial charge is 0.274 e. The van der Waals surface area contributed by atoms with Gasteiger partial charge >= 0.3 is 0 Å². The van der Waals surface area contributed by atoms with Crippen LogP contribution < -0.4 is 5.32 Å². The van der Waals surface area contributed by atoms with Gasteiger partial charge in [0.05, 0.1) is 4.92 Å². The topological polar surface area (TPSA) is 55.2 Å². The van der Waals surface area contributed by atoms with E-state index in [1.54, 1.807) is 24.3 Å². The van der Waals surface area contributed by atoms with Crippen LogP contribution in [-0.2, 0) is 6.54 Å². The summed E-state index contributed by atoms with van der Waals surface area (Å²) in [6.45, 7) is 0.398. The summed E-state index contributed by atoms with van der Waals surface area (Å²) in [5.74, 6) is 0. The van der Waals surface area contributed by atoms with Gasteiger partial charge in [-0.15, -0.1) is 0 Å². The minimum absolute atomic E-state index is 0.124. The van der Waals surface area contributed by atoms with Crippen LogP contribution in [0.2, 0.25) is 5.02 Å². The first kappa shape index (κ1) is 14.1. The van der Waals surface area contributed by atoms with Gasteiger partial charge in [0.1, 0.15) is 0 Å². The zero-order valence-corrected chi connectivity index (χ0v) is 12.7. The Morgan fingerprint density at radius 1 is 1.26 bits per heavy atom. The lowest BCUT2D eigenvalue weighted by molar-refractivity contribution is -0.385. The number of halogens is 2. The molecule has 4 nitrogen and oxygen atoms in total. The van der Waals surface area contributed by atoms with Gasteiger partial charge in [0.2, 0.25) is 0 Å². The van der Waals surface area contributed by atoms with Gasteiger partial charge in [-0.3, -0.25) is 10.1 Å². The molecule has 0 spiro atoms. The van der Waals surface area contributed by atoms with Crippen molar-refractivity contribution in [1.29, 1.82) is 0 Å². The van der Waals surface area contributed by atoms with Crippen molar-refractivity contribution in [3.8, 4) is 0 Å². The SMILES string of the molecule is O=[N+]([O-])c1ccccc1CNc1ccc(Cl)cc1I. The van der Waals surface area contributed by atoms with Gasteiger partial charge in [0, 0.05) is 32.5 Å². The zero-order chi connectivity index (χ0) is 13.8. The lowest BCUT2D eigenvalue weighted by Crippen LogP contribution is -2.04. The van der Waals surface area contributed by atoms with E-state index in [4.69, 9.17) is 11.6 Å². The third-order valence-electron chi connectivity index (χ3n) is 2.59. The molecule has 2 rings (SSSR count). The highest BCUT2D eigenvalue weighted by molar-refractivity contribution is 14.1. The summed E-state index contributed by atoms with van der Waals surface area (Å²) in [5, 5.41) is 14.8. The molecule has 0 amide bonds. The average molecular weight is 389 g/mol. The standard InChI is InChI=1S/C13H10ClIN2O2/c14-10-5-6-12(11(15)7-10)16-8-9-3-1-2-4-13(9)17(18)19/h1-7,16H,8H2. The van der Waals surface area contributed by atoms with Crippen LogP contribution in [-0.4, -0.2) is 4.92 Å². The molecule has 0 aliphatic rings. The maximum atomic E-state index is 10.9. The molecule has 2 aromatic rings. The van der Waals surface area contributed by atoms with E-state index in [0.717, 1.165) is 9.26 Å². The van der Waals surface area contributed by atoms with Gasteiger partial charge in [0.15, 0.2) is 0 Å². The number of nitro groups is 1. The van der Waals surface area contributed by atoms with Crippen LogP contribution in [0, 0.1) is 13.7 Å². The number of anilines is 1. The Bertz CT molecular complexity index is 619. The molecule has 98 valence electrons. The fourth-order valence-electron chi connectivity index (χ4n) is 1.66. The van der Waals surface area contributed by atoms with Crippen LogP contribution >= 0.6 is 34.2 Å². The Morgan fingerprint density at radius 3 is 2.68 bits per heavy atom. The van der Waals surface area contributed by atoms with Crippen molar-refractivity contribution < 1.29 is 4.92 Å². The summed E-state index contributed by atoms with van der Waals surface area (Å²) in [7, 11) is 0. The molecule has 0 saturated carbocycles. The predicted octanol–water partition coefficient (Wildman–Crippen LogP) is 4.46. The largest absolute Gasteiger partial charge is 0.380 e. The first-order valence-corrected chi connectivity index (χ1v) is 6.95. The summed E-state index contributed by atoms with van der Waals surface area (Å²) in [6, 6.07) is 12.2. The lowest BCUT2D eigenvalue weighted by Gasteiger charge is -2.09. The molecule has 1 N–H and O–H groups in total. The van der Waals surface area contributed by atoms with Crippen molar-refractivity contribution in [3.05, 3.63) is 66.7 Å².